The van der Waals surface area contributed by atoms with Gasteiger partial charge in [-0.15, -0.1) is 0 Å². The number of nitrogens with one attached hydrogen (secondary N) is 3. The first kappa shape index (κ1) is 23.8. The number of anilines is 1. The highest BCUT2D eigenvalue weighted by Crippen LogP contribution is 2.33. The van der Waals surface area contributed by atoms with Crippen molar-refractivity contribution < 1.29 is 19.5 Å². The van der Waals surface area contributed by atoms with Crippen molar-refractivity contribution in [3.05, 3.63) is 64.7 Å². The number of hydrogen-bond acceptors (Lipinski definition) is 5. The molecule has 2 fully saturated rings. The molecule has 1 unspecified atom stereocenters. The standard InChI is InChI=1S/C26H32N4O4/c1-15(2)26(24(33)28-25(34)29-26)19-8-6-18(7-9-19)23(32)30-13-20(12-21(30)14-31)27-22-10-5-16(3)11-17(22)4/h5-11,15,20-21,27,31H,12-14H2,1-4H3,(H2,28,29,33,34)/t20-,21-,26?/m0/s1. The molecule has 2 aromatic rings. The number of hydrogen-bond donors (Lipinski definition) is 4. The maximum absolute atomic E-state index is 13.3. The topological polar surface area (TPSA) is 111 Å². The summed E-state index contributed by atoms with van der Waals surface area (Å²) in [4.78, 5) is 39.4. The van der Waals surface area contributed by atoms with Crippen molar-refractivity contribution in [2.75, 3.05) is 18.5 Å². The Kier molecular flexibility index (Phi) is 6.36. The normalized spacial score (nSPS) is 24.4. The summed E-state index contributed by atoms with van der Waals surface area (Å²) in [6.45, 7) is 8.20. The van der Waals surface area contributed by atoms with E-state index in [0.717, 1.165) is 11.3 Å². The predicted molar refractivity (Wildman–Crippen MR) is 129 cm³/mol. The highest BCUT2D eigenvalue weighted by Gasteiger charge is 2.50. The molecule has 34 heavy (non-hydrogen) atoms. The average Bonchev–Trinajstić information content (AvgIpc) is 3.35. The summed E-state index contributed by atoms with van der Waals surface area (Å²) in [7, 11) is 0. The van der Waals surface area contributed by atoms with Gasteiger partial charge in [-0.2, -0.15) is 0 Å². The molecule has 0 bridgehead atoms. The Bertz CT molecular complexity index is 1110. The van der Waals surface area contributed by atoms with E-state index in [1.54, 1.807) is 29.2 Å². The molecule has 0 saturated carbocycles. The van der Waals surface area contributed by atoms with Gasteiger partial charge in [0, 0.05) is 23.8 Å². The monoisotopic (exact) mass is 464 g/mol. The van der Waals surface area contributed by atoms with Crippen molar-refractivity contribution in [2.24, 2.45) is 5.92 Å². The van der Waals surface area contributed by atoms with Crippen LogP contribution in [-0.4, -0.2) is 53.1 Å². The first-order valence-corrected chi connectivity index (χ1v) is 11.7. The van der Waals surface area contributed by atoms with Gasteiger partial charge in [-0.25, -0.2) is 4.79 Å². The zero-order chi connectivity index (χ0) is 24.6. The van der Waals surface area contributed by atoms with Crippen LogP contribution < -0.4 is 16.0 Å². The Morgan fingerprint density at radius 1 is 1.18 bits per heavy atom. The second kappa shape index (κ2) is 9.10. The van der Waals surface area contributed by atoms with Gasteiger partial charge in [-0.05, 0) is 55.5 Å². The number of aliphatic hydroxyl groups excluding tert-OH is 1. The Morgan fingerprint density at radius 3 is 2.44 bits per heavy atom. The van der Waals surface area contributed by atoms with Gasteiger partial charge in [0.2, 0.25) is 0 Å². The highest BCUT2D eigenvalue weighted by molar-refractivity contribution is 6.07. The summed E-state index contributed by atoms with van der Waals surface area (Å²) in [6.07, 6.45) is 0.649. The quantitative estimate of drug-likeness (QED) is 0.492. The van der Waals surface area contributed by atoms with Crippen molar-refractivity contribution in [1.82, 2.24) is 15.5 Å². The van der Waals surface area contributed by atoms with Gasteiger partial charge in [0.25, 0.3) is 11.8 Å². The largest absolute Gasteiger partial charge is 0.394 e. The van der Waals surface area contributed by atoms with E-state index in [1.165, 1.54) is 5.56 Å². The van der Waals surface area contributed by atoms with Gasteiger partial charge in [0.15, 0.2) is 0 Å². The number of benzene rings is 2. The number of aliphatic hydroxyl groups is 1. The number of rotatable bonds is 6. The lowest BCUT2D eigenvalue weighted by Gasteiger charge is -2.31. The van der Waals surface area contributed by atoms with Gasteiger partial charge in [-0.3, -0.25) is 14.9 Å². The number of carbonyl (C=O) groups excluding carboxylic acids is 3. The average molecular weight is 465 g/mol. The minimum atomic E-state index is -1.17. The number of carbonyl (C=O) groups is 3. The summed E-state index contributed by atoms with van der Waals surface area (Å²) in [5.74, 6) is -0.754. The molecule has 8 heteroatoms. The maximum atomic E-state index is 13.3. The van der Waals surface area contributed by atoms with Crippen LogP contribution in [0.1, 0.15) is 47.3 Å². The van der Waals surface area contributed by atoms with Crippen LogP contribution in [0.4, 0.5) is 10.5 Å². The molecular weight excluding hydrogens is 432 g/mol. The van der Waals surface area contributed by atoms with E-state index < -0.39 is 17.5 Å². The molecule has 0 aliphatic carbocycles. The maximum Gasteiger partial charge on any atom is 0.322 e. The van der Waals surface area contributed by atoms with Crippen molar-refractivity contribution >= 4 is 23.5 Å². The van der Waals surface area contributed by atoms with Crippen LogP contribution in [-0.2, 0) is 10.3 Å². The molecule has 4 N–H and O–H groups in total. The van der Waals surface area contributed by atoms with Crippen molar-refractivity contribution in [3.63, 3.8) is 0 Å². The number of nitrogens with zero attached hydrogens (tertiary/aromatic N) is 1. The third-order valence-electron chi connectivity index (χ3n) is 6.98. The summed E-state index contributed by atoms with van der Waals surface area (Å²) < 4.78 is 0. The lowest BCUT2D eigenvalue weighted by Crippen LogP contribution is -2.48. The van der Waals surface area contributed by atoms with Crippen molar-refractivity contribution in [2.45, 2.75) is 51.7 Å². The molecule has 180 valence electrons. The van der Waals surface area contributed by atoms with Gasteiger partial charge < -0.3 is 20.6 Å². The molecule has 2 heterocycles. The van der Waals surface area contributed by atoms with Crippen LogP contribution in [0.2, 0.25) is 0 Å². The molecule has 2 aliphatic heterocycles. The molecule has 0 radical (unpaired) electrons. The molecule has 2 aromatic carbocycles. The molecule has 2 aliphatic rings. The Hall–Kier alpha value is -3.39. The van der Waals surface area contributed by atoms with E-state index in [9.17, 15) is 19.5 Å². The van der Waals surface area contributed by atoms with E-state index in [-0.39, 0.29) is 30.5 Å². The van der Waals surface area contributed by atoms with Crippen LogP contribution in [0, 0.1) is 19.8 Å². The number of urea groups is 1. The zero-order valence-electron chi connectivity index (χ0n) is 20.0. The van der Waals surface area contributed by atoms with Gasteiger partial charge in [-0.1, -0.05) is 43.7 Å². The third kappa shape index (κ3) is 4.14. The highest BCUT2D eigenvalue weighted by atomic mass is 16.3. The molecular formula is C26H32N4O4. The molecule has 8 nitrogen and oxygen atoms in total. The Labute approximate surface area is 199 Å². The Balaban J connectivity index is 1.52. The lowest BCUT2D eigenvalue weighted by molar-refractivity contribution is -0.125. The molecule has 3 atom stereocenters. The van der Waals surface area contributed by atoms with E-state index in [0.29, 0.717) is 24.1 Å². The van der Waals surface area contributed by atoms with Crippen molar-refractivity contribution in [1.29, 1.82) is 0 Å². The van der Waals surface area contributed by atoms with Crippen LogP contribution in [0.25, 0.3) is 0 Å². The number of likely N-dealkylation sites (tertiary alicyclic amines) is 1. The van der Waals surface area contributed by atoms with Gasteiger partial charge in [0.05, 0.1) is 12.6 Å². The summed E-state index contributed by atoms with van der Waals surface area (Å²) in [5.41, 5.74) is 3.29. The summed E-state index contributed by atoms with van der Waals surface area (Å²) in [5, 5.41) is 18.5. The minimum Gasteiger partial charge on any atom is -0.394 e. The second-order valence-corrected chi connectivity index (χ2v) is 9.64. The van der Waals surface area contributed by atoms with Crippen molar-refractivity contribution in [3.8, 4) is 0 Å². The molecule has 0 spiro atoms. The SMILES string of the molecule is Cc1ccc(N[C@H]2C[C@@H](CO)N(C(=O)c3ccc(C4(C(C)C)NC(=O)NC4=O)cc3)C2)c(C)c1. The minimum absolute atomic E-state index is 0.0309. The number of amides is 4. The van der Waals surface area contributed by atoms with Crippen LogP contribution in [0.3, 0.4) is 0 Å². The lowest BCUT2D eigenvalue weighted by atomic mass is 9.79. The first-order chi connectivity index (χ1) is 16.1. The van der Waals surface area contributed by atoms with Crippen LogP contribution >= 0.6 is 0 Å². The molecule has 4 amide bonds. The van der Waals surface area contributed by atoms with E-state index in [4.69, 9.17) is 0 Å². The molecule has 0 aromatic heterocycles. The first-order valence-electron chi connectivity index (χ1n) is 11.7. The van der Waals surface area contributed by atoms with Crippen LogP contribution in [0.15, 0.2) is 42.5 Å². The fraction of sp³-hybridized carbons (Fsp3) is 0.423. The zero-order valence-corrected chi connectivity index (χ0v) is 20.0. The molecule has 4 rings (SSSR count). The smallest absolute Gasteiger partial charge is 0.322 e. The summed E-state index contributed by atoms with van der Waals surface area (Å²) >= 11 is 0. The summed E-state index contributed by atoms with van der Waals surface area (Å²) in [6, 6.07) is 12.2. The van der Waals surface area contributed by atoms with Crippen LogP contribution in [0.5, 0.6) is 0 Å². The van der Waals surface area contributed by atoms with Gasteiger partial charge >= 0.3 is 6.03 Å². The second-order valence-electron chi connectivity index (χ2n) is 9.64. The van der Waals surface area contributed by atoms with E-state index in [2.05, 4.69) is 41.9 Å². The predicted octanol–water partition coefficient (Wildman–Crippen LogP) is 2.68. The third-order valence-corrected chi connectivity index (χ3v) is 6.98. The Morgan fingerprint density at radius 2 is 1.88 bits per heavy atom. The number of imide groups is 1. The van der Waals surface area contributed by atoms with Gasteiger partial charge in [0.1, 0.15) is 5.54 Å². The van der Waals surface area contributed by atoms with E-state index in [1.807, 2.05) is 19.9 Å². The fourth-order valence-corrected chi connectivity index (χ4v) is 5.09. The molecule has 2 saturated heterocycles. The fourth-order valence-electron chi connectivity index (χ4n) is 5.09. The number of aryl methyl sites for hydroxylation is 2. The van der Waals surface area contributed by atoms with E-state index >= 15 is 0 Å².